The Hall–Kier alpha value is -1.17. The molecule has 6 heteroatoms. The van der Waals surface area contributed by atoms with Gasteiger partial charge in [0, 0.05) is 6.07 Å². The summed E-state index contributed by atoms with van der Waals surface area (Å²) in [5.74, 6) is -2.42. The average molecular weight is 151 g/mol. The highest BCUT2D eigenvalue weighted by atomic mass is 19.2. The summed E-state index contributed by atoms with van der Waals surface area (Å²) in [6.45, 7) is 0. The van der Waals surface area contributed by atoms with Gasteiger partial charge in [0.25, 0.3) is 0 Å². The van der Waals surface area contributed by atoms with E-state index < -0.39 is 18.0 Å². The van der Waals surface area contributed by atoms with E-state index in [2.05, 4.69) is 9.97 Å². The Morgan fingerprint density at radius 3 is 1.70 bits per heavy atom. The van der Waals surface area contributed by atoms with Gasteiger partial charge < -0.3 is 6.15 Å². The SMILES string of the molecule is Fc1cc(F)nc(F)n1.N. The summed E-state index contributed by atoms with van der Waals surface area (Å²) in [6, 6.07) is 0.392. The maximum absolute atomic E-state index is 11.8. The van der Waals surface area contributed by atoms with E-state index in [4.69, 9.17) is 0 Å². The van der Waals surface area contributed by atoms with Gasteiger partial charge in [0.1, 0.15) is 0 Å². The van der Waals surface area contributed by atoms with E-state index in [0.717, 1.165) is 0 Å². The highest BCUT2D eigenvalue weighted by Gasteiger charge is 2.00. The lowest BCUT2D eigenvalue weighted by atomic mass is 10.6. The van der Waals surface area contributed by atoms with E-state index >= 15 is 0 Å². The monoisotopic (exact) mass is 151 g/mol. The molecule has 0 bridgehead atoms. The second kappa shape index (κ2) is 3.11. The van der Waals surface area contributed by atoms with E-state index in [9.17, 15) is 13.2 Å². The van der Waals surface area contributed by atoms with Gasteiger partial charge in [0.05, 0.1) is 0 Å². The van der Waals surface area contributed by atoms with Gasteiger partial charge in [-0.15, -0.1) is 0 Å². The molecular weight excluding hydrogens is 147 g/mol. The van der Waals surface area contributed by atoms with Crippen molar-refractivity contribution in [1.29, 1.82) is 0 Å². The van der Waals surface area contributed by atoms with Crippen LogP contribution < -0.4 is 6.15 Å². The first kappa shape index (κ1) is 8.83. The maximum Gasteiger partial charge on any atom is 0.313 e. The van der Waals surface area contributed by atoms with Crippen LogP contribution in [0.3, 0.4) is 0 Å². The third-order valence-corrected chi connectivity index (χ3v) is 0.636. The number of rotatable bonds is 0. The van der Waals surface area contributed by atoms with Crippen molar-refractivity contribution in [1.82, 2.24) is 16.1 Å². The Bertz CT molecular complexity index is 177. The minimum absolute atomic E-state index is 0. The Morgan fingerprint density at radius 2 is 1.40 bits per heavy atom. The Labute approximate surface area is 54.5 Å². The van der Waals surface area contributed by atoms with Crippen molar-refractivity contribution in [3.8, 4) is 0 Å². The molecule has 1 heterocycles. The summed E-state index contributed by atoms with van der Waals surface area (Å²) in [5, 5.41) is 0. The van der Waals surface area contributed by atoms with Crippen LogP contribution in [0.4, 0.5) is 13.2 Å². The van der Waals surface area contributed by atoms with Crippen LogP contribution in [0.25, 0.3) is 0 Å². The summed E-state index contributed by atoms with van der Waals surface area (Å²) < 4.78 is 35.3. The average Bonchev–Trinajstić information content (AvgIpc) is 1.59. The van der Waals surface area contributed by atoms with Crippen LogP contribution in [0.1, 0.15) is 0 Å². The lowest BCUT2D eigenvalue weighted by Gasteiger charge is -1.86. The molecule has 0 aromatic carbocycles. The number of hydrogen-bond acceptors (Lipinski definition) is 3. The molecule has 56 valence electrons. The minimum atomic E-state index is -1.40. The largest absolute Gasteiger partial charge is 0.344 e. The summed E-state index contributed by atoms with van der Waals surface area (Å²) in [5.41, 5.74) is 0. The van der Waals surface area contributed by atoms with Crippen LogP contribution in [0.5, 0.6) is 0 Å². The topological polar surface area (TPSA) is 60.8 Å². The third kappa shape index (κ3) is 1.98. The van der Waals surface area contributed by atoms with E-state index in [0.29, 0.717) is 6.07 Å². The second-order valence-corrected chi connectivity index (χ2v) is 1.28. The predicted molar refractivity (Wildman–Crippen MR) is 26.9 cm³/mol. The molecule has 1 rings (SSSR count). The molecule has 0 aliphatic heterocycles. The van der Waals surface area contributed by atoms with Crippen molar-refractivity contribution >= 4 is 0 Å². The first-order valence-corrected chi connectivity index (χ1v) is 2.04. The van der Waals surface area contributed by atoms with Gasteiger partial charge in [-0.25, -0.2) is 0 Å². The standard InChI is InChI=1S/C4HF3N2.H3N/c5-2-1-3(6)9-4(7)8-2;/h1H;1H3. The molecule has 0 atom stereocenters. The van der Waals surface area contributed by atoms with Crippen LogP contribution >= 0.6 is 0 Å². The second-order valence-electron chi connectivity index (χ2n) is 1.28. The molecule has 3 N–H and O–H groups in total. The molecule has 0 spiro atoms. The molecule has 0 aliphatic carbocycles. The Balaban J connectivity index is 0.000000810. The zero-order chi connectivity index (χ0) is 6.85. The fraction of sp³-hybridized carbons (Fsp3) is 0. The lowest BCUT2D eigenvalue weighted by Crippen LogP contribution is -1.95. The Morgan fingerprint density at radius 1 is 1.00 bits per heavy atom. The van der Waals surface area contributed by atoms with Crippen molar-refractivity contribution in [2.45, 2.75) is 0 Å². The third-order valence-electron chi connectivity index (χ3n) is 0.636. The quantitative estimate of drug-likeness (QED) is 0.445. The molecule has 1 aromatic heterocycles. The normalized spacial score (nSPS) is 8.70. The zero-order valence-corrected chi connectivity index (χ0v) is 4.81. The van der Waals surface area contributed by atoms with E-state index in [1.807, 2.05) is 0 Å². The fourth-order valence-corrected chi connectivity index (χ4v) is 0.364. The maximum atomic E-state index is 11.8. The minimum Gasteiger partial charge on any atom is -0.344 e. The van der Waals surface area contributed by atoms with Gasteiger partial charge >= 0.3 is 6.08 Å². The van der Waals surface area contributed by atoms with Crippen molar-refractivity contribution < 1.29 is 13.2 Å². The lowest BCUT2D eigenvalue weighted by molar-refractivity contribution is 0.439. The van der Waals surface area contributed by atoms with Crippen molar-refractivity contribution in [3.63, 3.8) is 0 Å². The van der Waals surface area contributed by atoms with Crippen LogP contribution in [0, 0.1) is 18.0 Å². The highest BCUT2D eigenvalue weighted by Crippen LogP contribution is 1.95. The van der Waals surface area contributed by atoms with Gasteiger partial charge in [0.2, 0.25) is 11.9 Å². The molecule has 3 nitrogen and oxygen atoms in total. The first-order valence-electron chi connectivity index (χ1n) is 2.04. The summed E-state index contributed by atoms with van der Waals surface area (Å²) in [7, 11) is 0. The van der Waals surface area contributed by atoms with E-state index in [1.54, 1.807) is 0 Å². The fourth-order valence-electron chi connectivity index (χ4n) is 0.364. The predicted octanol–water partition coefficient (Wildman–Crippen LogP) is 1.06. The summed E-state index contributed by atoms with van der Waals surface area (Å²) >= 11 is 0. The zero-order valence-electron chi connectivity index (χ0n) is 4.81. The Kier molecular flexibility index (Phi) is 2.75. The van der Waals surface area contributed by atoms with Crippen molar-refractivity contribution in [2.24, 2.45) is 0 Å². The first-order chi connectivity index (χ1) is 4.18. The highest BCUT2D eigenvalue weighted by molar-refractivity contribution is 4.84. The summed E-state index contributed by atoms with van der Waals surface area (Å²) in [6.07, 6.45) is -1.40. The van der Waals surface area contributed by atoms with Crippen molar-refractivity contribution in [3.05, 3.63) is 24.0 Å². The molecular formula is C4H4F3N3. The molecule has 0 aliphatic rings. The van der Waals surface area contributed by atoms with Crippen LogP contribution in [0.2, 0.25) is 0 Å². The number of halogens is 3. The van der Waals surface area contributed by atoms with Gasteiger partial charge in [-0.05, 0) is 0 Å². The molecule has 0 saturated carbocycles. The number of aromatic nitrogens is 2. The molecule has 0 radical (unpaired) electrons. The van der Waals surface area contributed by atoms with E-state index in [-0.39, 0.29) is 6.15 Å². The van der Waals surface area contributed by atoms with Crippen LogP contribution in [-0.2, 0) is 0 Å². The molecule has 0 saturated heterocycles. The smallest absolute Gasteiger partial charge is 0.313 e. The number of hydrogen-bond donors (Lipinski definition) is 1. The molecule has 10 heavy (non-hydrogen) atoms. The van der Waals surface area contributed by atoms with Gasteiger partial charge in [-0.1, -0.05) is 0 Å². The van der Waals surface area contributed by atoms with Crippen molar-refractivity contribution in [2.75, 3.05) is 0 Å². The van der Waals surface area contributed by atoms with Gasteiger partial charge in [0.15, 0.2) is 0 Å². The summed E-state index contributed by atoms with van der Waals surface area (Å²) in [4.78, 5) is 5.10. The van der Waals surface area contributed by atoms with Crippen LogP contribution in [-0.4, -0.2) is 9.97 Å². The van der Waals surface area contributed by atoms with Crippen LogP contribution in [0.15, 0.2) is 6.07 Å². The molecule has 0 amide bonds. The molecule has 0 unspecified atom stereocenters. The molecule has 0 fully saturated rings. The van der Waals surface area contributed by atoms with E-state index in [1.165, 1.54) is 0 Å². The number of nitrogens with zero attached hydrogens (tertiary/aromatic N) is 2. The van der Waals surface area contributed by atoms with Gasteiger partial charge in [-0.3, -0.25) is 0 Å². The molecule has 1 aromatic rings. The van der Waals surface area contributed by atoms with Gasteiger partial charge in [-0.2, -0.15) is 23.1 Å².